The SMILES string of the molecule is CCN(CC(C)C)C[C@H]1CC[C@H](CC(=O)OC)CC1. The summed E-state index contributed by atoms with van der Waals surface area (Å²) in [7, 11) is 1.49. The van der Waals surface area contributed by atoms with E-state index >= 15 is 0 Å². The minimum atomic E-state index is -0.0431. The molecule has 19 heavy (non-hydrogen) atoms. The van der Waals surface area contributed by atoms with Crippen molar-refractivity contribution in [2.45, 2.75) is 52.9 Å². The molecule has 0 aromatic heterocycles. The van der Waals surface area contributed by atoms with Crippen molar-refractivity contribution in [3.63, 3.8) is 0 Å². The molecule has 112 valence electrons. The van der Waals surface area contributed by atoms with Gasteiger partial charge in [-0.2, -0.15) is 0 Å². The summed E-state index contributed by atoms with van der Waals surface area (Å²) < 4.78 is 4.76. The Kier molecular flexibility index (Phi) is 7.44. The first-order chi connectivity index (χ1) is 9.05. The minimum Gasteiger partial charge on any atom is -0.469 e. The monoisotopic (exact) mass is 269 g/mol. The first-order valence-corrected chi connectivity index (χ1v) is 7.84. The number of carbonyl (C=O) groups excluding carboxylic acids is 1. The van der Waals surface area contributed by atoms with Crippen LogP contribution < -0.4 is 0 Å². The molecule has 0 aromatic rings. The quantitative estimate of drug-likeness (QED) is 0.664. The van der Waals surface area contributed by atoms with Gasteiger partial charge in [-0.05, 0) is 50.0 Å². The van der Waals surface area contributed by atoms with Gasteiger partial charge in [-0.15, -0.1) is 0 Å². The van der Waals surface area contributed by atoms with Gasteiger partial charge in [0.05, 0.1) is 7.11 Å². The largest absolute Gasteiger partial charge is 0.469 e. The second kappa shape index (κ2) is 8.57. The second-order valence-electron chi connectivity index (χ2n) is 6.41. The van der Waals surface area contributed by atoms with Crippen LogP contribution in [0.5, 0.6) is 0 Å². The van der Waals surface area contributed by atoms with E-state index in [1.54, 1.807) is 0 Å². The van der Waals surface area contributed by atoms with E-state index in [1.165, 1.54) is 45.9 Å². The van der Waals surface area contributed by atoms with Gasteiger partial charge in [0.25, 0.3) is 0 Å². The van der Waals surface area contributed by atoms with Gasteiger partial charge in [-0.1, -0.05) is 20.8 Å². The minimum absolute atomic E-state index is 0.0431. The number of hydrogen-bond donors (Lipinski definition) is 0. The van der Waals surface area contributed by atoms with Crippen LogP contribution >= 0.6 is 0 Å². The topological polar surface area (TPSA) is 29.5 Å². The van der Waals surface area contributed by atoms with E-state index in [9.17, 15) is 4.79 Å². The average molecular weight is 269 g/mol. The maximum absolute atomic E-state index is 11.3. The van der Waals surface area contributed by atoms with Crippen LogP contribution in [0.3, 0.4) is 0 Å². The molecule has 1 fully saturated rings. The summed E-state index contributed by atoms with van der Waals surface area (Å²) in [5.74, 6) is 2.09. The van der Waals surface area contributed by atoms with Gasteiger partial charge in [0.15, 0.2) is 0 Å². The third-order valence-corrected chi connectivity index (χ3v) is 4.24. The van der Waals surface area contributed by atoms with Gasteiger partial charge < -0.3 is 9.64 Å². The molecular weight excluding hydrogens is 238 g/mol. The molecule has 3 heteroatoms. The van der Waals surface area contributed by atoms with Crippen molar-refractivity contribution in [2.24, 2.45) is 17.8 Å². The molecule has 1 aliphatic rings. The highest BCUT2D eigenvalue weighted by Crippen LogP contribution is 2.31. The lowest BCUT2D eigenvalue weighted by atomic mass is 9.80. The van der Waals surface area contributed by atoms with Crippen molar-refractivity contribution in [2.75, 3.05) is 26.7 Å². The Morgan fingerprint density at radius 1 is 1.21 bits per heavy atom. The van der Waals surface area contributed by atoms with Crippen molar-refractivity contribution in [3.8, 4) is 0 Å². The number of rotatable bonds is 7. The Bertz CT molecular complexity index is 257. The smallest absolute Gasteiger partial charge is 0.305 e. The highest BCUT2D eigenvalue weighted by atomic mass is 16.5. The van der Waals surface area contributed by atoms with E-state index in [4.69, 9.17) is 4.74 Å². The molecule has 0 spiro atoms. The molecule has 0 aliphatic heterocycles. The summed E-state index contributed by atoms with van der Waals surface area (Å²) in [5, 5.41) is 0. The maximum Gasteiger partial charge on any atom is 0.305 e. The number of ether oxygens (including phenoxy) is 1. The highest BCUT2D eigenvalue weighted by Gasteiger charge is 2.24. The van der Waals surface area contributed by atoms with Crippen LogP contribution in [-0.2, 0) is 9.53 Å². The van der Waals surface area contributed by atoms with Gasteiger partial charge in [-0.25, -0.2) is 0 Å². The second-order valence-corrected chi connectivity index (χ2v) is 6.41. The molecule has 3 nitrogen and oxygen atoms in total. The van der Waals surface area contributed by atoms with Crippen LogP contribution in [-0.4, -0.2) is 37.6 Å². The predicted molar refractivity (Wildman–Crippen MR) is 79.0 cm³/mol. The molecule has 1 aliphatic carbocycles. The van der Waals surface area contributed by atoms with Crippen molar-refractivity contribution in [1.82, 2.24) is 4.90 Å². The van der Waals surface area contributed by atoms with Crippen molar-refractivity contribution in [1.29, 1.82) is 0 Å². The fourth-order valence-corrected chi connectivity index (χ4v) is 3.15. The first-order valence-electron chi connectivity index (χ1n) is 7.84. The number of hydrogen-bond acceptors (Lipinski definition) is 3. The average Bonchev–Trinajstić information content (AvgIpc) is 2.39. The molecule has 0 atom stereocenters. The third kappa shape index (κ3) is 6.42. The Morgan fingerprint density at radius 3 is 2.26 bits per heavy atom. The van der Waals surface area contributed by atoms with Crippen LogP contribution in [0.15, 0.2) is 0 Å². The molecule has 0 amide bonds. The summed E-state index contributed by atoms with van der Waals surface area (Å²) in [6.07, 6.45) is 5.55. The molecule has 0 heterocycles. The van der Waals surface area contributed by atoms with Gasteiger partial charge in [0.1, 0.15) is 0 Å². The van der Waals surface area contributed by atoms with Crippen molar-refractivity contribution < 1.29 is 9.53 Å². The van der Waals surface area contributed by atoms with Crippen LogP contribution in [0, 0.1) is 17.8 Å². The normalized spacial score (nSPS) is 23.9. The van der Waals surface area contributed by atoms with Crippen LogP contribution in [0.2, 0.25) is 0 Å². The van der Waals surface area contributed by atoms with E-state index in [1.807, 2.05) is 0 Å². The predicted octanol–water partition coefficient (Wildman–Crippen LogP) is 3.33. The lowest BCUT2D eigenvalue weighted by Crippen LogP contribution is -2.34. The zero-order valence-corrected chi connectivity index (χ0v) is 13.2. The summed E-state index contributed by atoms with van der Waals surface area (Å²) in [6, 6.07) is 0. The Morgan fingerprint density at radius 2 is 1.79 bits per heavy atom. The van der Waals surface area contributed by atoms with Crippen LogP contribution in [0.4, 0.5) is 0 Å². The lowest BCUT2D eigenvalue weighted by molar-refractivity contribution is -0.142. The molecule has 0 bridgehead atoms. The fourth-order valence-electron chi connectivity index (χ4n) is 3.15. The van der Waals surface area contributed by atoms with E-state index in [-0.39, 0.29) is 5.97 Å². The summed E-state index contributed by atoms with van der Waals surface area (Å²) in [4.78, 5) is 13.9. The van der Waals surface area contributed by atoms with Gasteiger partial charge >= 0.3 is 5.97 Å². The molecule has 1 saturated carbocycles. The lowest BCUT2D eigenvalue weighted by Gasteiger charge is -2.32. The van der Waals surface area contributed by atoms with E-state index < -0.39 is 0 Å². The van der Waals surface area contributed by atoms with Crippen molar-refractivity contribution >= 4 is 5.97 Å². The molecular formula is C16H31NO2. The molecule has 0 aromatic carbocycles. The highest BCUT2D eigenvalue weighted by molar-refractivity contribution is 5.69. The molecule has 0 saturated heterocycles. The fraction of sp³-hybridized carbons (Fsp3) is 0.938. The number of methoxy groups -OCH3 is 1. The first kappa shape index (κ1) is 16.5. The van der Waals surface area contributed by atoms with E-state index in [0.717, 1.165) is 18.4 Å². The third-order valence-electron chi connectivity index (χ3n) is 4.24. The van der Waals surface area contributed by atoms with E-state index in [2.05, 4.69) is 25.7 Å². The summed E-state index contributed by atoms with van der Waals surface area (Å²) in [5.41, 5.74) is 0. The standard InChI is InChI=1S/C16H31NO2/c1-5-17(11-13(2)3)12-15-8-6-14(7-9-15)10-16(18)19-4/h13-15H,5-12H2,1-4H3/t14-,15-. The van der Waals surface area contributed by atoms with Gasteiger partial charge in [-0.3, -0.25) is 4.79 Å². The maximum atomic E-state index is 11.3. The van der Waals surface area contributed by atoms with Crippen LogP contribution in [0.25, 0.3) is 0 Å². The summed E-state index contributed by atoms with van der Waals surface area (Å²) >= 11 is 0. The van der Waals surface area contributed by atoms with Crippen LogP contribution in [0.1, 0.15) is 52.9 Å². The van der Waals surface area contributed by atoms with Gasteiger partial charge in [0.2, 0.25) is 0 Å². The number of carbonyl (C=O) groups is 1. The Labute approximate surface area is 118 Å². The molecule has 0 unspecified atom stereocenters. The van der Waals surface area contributed by atoms with E-state index in [0.29, 0.717) is 12.3 Å². The summed E-state index contributed by atoms with van der Waals surface area (Å²) in [6.45, 7) is 10.4. The Balaban J connectivity index is 2.27. The van der Waals surface area contributed by atoms with Crippen molar-refractivity contribution in [3.05, 3.63) is 0 Å². The molecule has 0 N–H and O–H groups in total. The number of esters is 1. The van der Waals surface area contributed by atoms with Gasteiger partial charge in [0, 0.05) is 19.5 Å². The zero-order chi connectivity index (χ0) is 14.3. The molecule has 0 radical (unpaired) electrons. The molecule has 1 rings (SSSR count). The number of nitrogens with zero attached hydrogens (tertiary/aromatic N) is 1. The zero-order valence-electron chi connectivity index (χ0n) is 13.2. The Hall–Kier alpha value is -0.570.